The number of urea groups is 1. The van der Waals surface area contributed by atoms with Crippen LogP contribution in [0.5, 0.6) is 11.5 Å². The van der Waals surface area contributed by atoms with E-state index in [2.05, 4.69) is 27.1 Å². The van der Waals surface area contributed by atoms with Gasteiger partial charge in [0.15, 0.2) is 17.3 Å². The summed E-state index contributed by atoms with van der Waals surface area (Å²) >= 11 is 0. The minimum absolute atomic E-state index is 0.319. The molecule has 1 aliphatic heterocycles. The van der Waals surface area contributed by atoms with E-state index < -0.39 is 6.03 Å². The van der Waals surface area contributed by atoms with Gasteiger partial charge in [0.25, 0.3) is 0 Å². The fourth-order valence-electron chi connectivity index (χ4n) is 1.63. The van der Waals surface area contributed by atoms with Gasteiger partial charge in [0, 0.05) is 0 Å². The van der Waals surface area contributed by atoms with Crippen molar-refractivity contribution in [1.82, 2.24) is 5.32 Å². The molecule has 1 heterocycles. The Morgan fingerprint density at radius 2 is 2.00 bits per heavy atom. The van der Waals surface area contributed by atoms with Gasteiger partial charge >= 0.3 is 6.03 Å². The molecule has 1 aromatic rings. The number of ether oxygens (including phenoxy) is 2. The molecule has 7 nitrogen and oxygen atoms in total. The van der Waals surface area contributed by atoms with Crippen LogP contribution in [0, 0.1) is 0 Å². The molecule has 1 aromatic carbocycles. The van der Waals surface area contributed by atoms with E-state index >= 15 is 0 Å². The number of nitrogens with zero attached hydrogens (tertiary/aromatic N) is 3. The quantitative estimate of drug-likeness (QED) is 0.914. The van der Waals surface area contributed by atoms with E-state index in [0.29, 0.717) is 29.6 Å². The van der Waals surface area contributed by atoms with Crippen LogP contribution in [0.15, 0.2) is 45.7 Å². The Bertz CT molecular complexity index is 608. The van der Waals surface area contributed by atoms with Crippen LogP contribution in [-0.4, -0.2) is 26.1 Å². The number of hydrogen-bond donors (Lipinski definition) is 1. The van der Waals surface area contributed by atoms with Crippen molar-refractivity contribution in [1.29, 1.82) is 0 Å². The highest BCUT2D eigenvalue weighted by atomic mass is 16.5. The Morgan fingerprint density at radius 1 is 1.25 bits per heavy atom. The number of carbonyl (C=O) groups excluding carboxylic acids is 1. The predicted octanol–water partition coefficient (Wildman–Crippen LogP) is 2.29. The molecule has 1 N–H and O–H groups in total. The van der Waals surface area contributed by atoms with E-state index in [1.807, 2.05) is 12.1 Å². The van der Waals surface area contributed by atoms with Crippen LogP contribution in [0.25, 0.3) is 0 Å². The van der Waals surface area contributed by atoms with Gasteiger partial charge in [-0.1, -0.05) is 17.8 Å². The van der Waals surface area contributed by atoms with E-state index in [-0.39, 0.29) is 0 Å². The van der Waals surface area contributed by atoms with Gasteiger partial charge in [-0.15, -0.1) is 5.11 Å². The van der Waals surface area contributed by atoms with Crippen molar-refractivity contribution in [2.24, 2.45) is 15.2 Å². The molecule has 20 heavy (non-hydrogen) atoms. The molecule has 0 unspecified atom stereocenters. The highest BCUT2D eigenvalue weighted by Crippen LogP contribution is 2.27. The molecule has 0 aromatic heterocycles. The minimum atomic E-state index is -0.552. The lowest BCUT2D eigenvalue weighted by atomic mass is 10.2. The van der Waals surface area contributed by atoms with Crippen LogP contribution >= 0.6 is 0 Å². The number of amidine groups is 1. The molecule has 2 amide bonds. The molecule has 0 radical (unpaired) electrons. The normalized spacial score (nSPS) is 16.2. The van der Waals surface area contributed by atoms with Gasteiger partial charge in [0.1, 0.15) is 5.70 Å². The summed E-state index contributed by atoms with van der Waals surface area (Å²) in [5.41, 5.74) is 1.23. The number of hydrogen-bond acceptors (Lipinski definition) is 5. The first-order chi connectivity index (χ1) is 9.63. The molecular formula is C13H14N4O3. The fourth-order valence-corrected chi connectivity index (χ4v) is 1.63. The van der Waals surface area contributed by atoms with Crippen LogP contribution < -0.4 is 14.8 Å². The van der Waals surface area contributed by atoms with Gasteiger partial charge in [-0.3, -0.25) is 10.3 Å². The Kier molecular flexibility index (Phi) is 4.09. The van der Waals surface area contributed by atoms with Crippen LogP contribution in [-0.2, 0) is 6.54 Å². The minimum Gasteiger partial charge on any atom is -0.493 e. The van der Waals surface area contributed by atoms with E-state index in [9.17, 15) is 4.79 Å². The van der Waals surface area contributed by atoms with E-state index in [1.165, 1.54) is 0 Å². The first-order valence-electron chi connectivity index (χ1n) is 5.81. The Hall–Kier alpha value is -2.70. The highest BCUT2D eigenvalue weighted by molar-refractivity contribution is 6.08. The summed E-state index contributed by atoms with van der Waals surface area (Å²) in [6.07, 6.45) is 0. The summed E-state index contributed by atoms with van der Waals surface area (Å²) in [6.45, 7) is 4.00. The molecule has 2 rings (SSSR count). The maximum atomic E-state index is 11.1. The highest BCUT2D eigenvalue weighted by Gasteiger charge is 2.14. The Labute approximate surface area is 116 Å². The second-order valence-corrected chi connectivity index (χ2v) is 3.93. The molecular weight excluding hydrogens is 260 g/mol. The monoisotopic (exact) mass is 274 g/mol. The van der Waals surface area contributed by atoms with E-state index in [4.69, 9.17) is 9.47 Å². The summed E-state index contributed by atoms with van der Waals surface area (Å²) in [4.78, 5) is 15.3. The lowest BCUT2D eigenvalue weighted by Gasteiger charge is -2.11. The molecule has 0 saturated carbocycles. The fraction of sp³-hybridized carbons (Fsp3) is 0.231. The molecule has 0 fully saturated rings. The molecule has 0 aliphatic carbocycles. The van der Waals surface area contributed by atoms with Gasteiger partial charge < -0.3 is 9.47 Å². The third-order valence-electron chi connectivity index (χ3n) is 2.63. The average molecular weight is 274 g/mol. The third-order valence-corrected chi connectivity index (χ3v) is 2.63. The number of aliphatic imine (C=N–C) groups is 1. The van der Waals surface area contributed by atoms with Crippen molar-refractivity contribution in [3.63, 3.8) is 0 Å². The number of benzene rings is 1. The Morgan fingerprint density at radius 3 is 2.70 bits per heavy atom. The van der Waals surface area contributed by atoms with Crippen LogP contribution in [0.1, 0.15) is 5.56 Å². The van der Waals surface area contributed by atoms with Crippen LogP contribution in [0.3, 0.4) is 0 Å². The third kappa shape index (κ3) is 3.00. The lowest BCUT2D eigenvalue weighted by Crippen LogP contribution is -2.31. The SMILES string of the molecule is C=C1N=NC(=O)NC1=NCc1ccc(OC)c(OC)c1. The predicted molar refractivity (Wildman–Crippen MR) is 73.2 cm³/mol. The second-order valence-electron chi connectivity index (χ2n) is 3.93. The van der Waals surface area contributed by atoms with Gasteiger partial charge in [0.05, 0.1) is 20.8 Å². The molecule has 0 spiro atoms. The van der Waals surface area contributed by atoms with Crippen molar-refractivity contribution in [3.8, 4) is 11.5 Å². The smallest absolute Gasteiger partial charge is 0.365 e. The molecule has 0 atom stereocenters. The lowest BCUT2D eigenvalue weighted by molar-refractivity contribution is 0.251. The van der Waals surface area contributed by atoms with E-state index in [1.54, 1.807) is 20.3 Å². The molecule has 0 saturated heterocycles. The number of rotatable bonds is 4. The molecule has 1 aliphatic rings. The van der Waals surface area contributed by atoms with Crippen molar-refractivity contribution in [3.05, 3.63) is 36.0 Å². The summed E-state index contributed by atoms with van der Waals surface area (Å²) in [5, 5.41) is 9.42. The first kappa shape index (κ1) is 13.7. The van der Waals surface area contributed by atoms with E-state index in [0.717, 1.165) is 5.56 Å². The number of amides is 2. The van der Waals surface area contributed by atoms with Crippen molar-refractivity contribution >= 4 is 11.9 Å². The van der Waals surface area contributed by atoms with Crippen molar-refractivity contribution in [2.45, 2.75) is 6.54 Å². The first-order valence-corrected chi connectivity index (χ1v) is 5.81. The van der Waals surface area contributed by atoms with Crippen molar-refractivity contribution < 1.29 is 14.3 Å². The van der Waals surface area contributed by atoms with Gasteiger partial charge in [-0.25, -0.2) is 4.79 Å². The van der Waals surface area contributed by atoms with Gasteiger partial charge in [-0.2, -0.15) is 0 Å². The zero-order valence-electron chi connectivity index (χ0n) is 11.2. The Balaban J connectivity index is 2.16. The number of nitrogens with one attached hydrogen (secondary N) is 1. The van der Waals surface area contributed by atoms with Gasteiger partial charge in [0.2, 0.25) is 0 Å². The molecule has 0 bridgehead atoms. The van der Waals surface area contributed by atoms with Crippen molar-refractivity contribution in [2.75, 3.05) is 14.2 Å². The largest absolute Gasteiger partial charge is 0.493 e. The molecule has 104 valence electrons. The standard InChI is InChI=1S/C13H14N4O3/c1-8-12(15-13(18)17-16-8)14-7-9-4-5-10(19-2)11(6-9)20-3/h4-6H,1,7H2,2-3H3,(H,14,15,18). The van der Waals surface area contributed by atoms with Crippen LogP contribution in [0.2, 0.25) is 0 Å². The zero-order valence-corrected chi connectivity index (χ0v) is 11.2. The zero-order chi connectivity index (χ0) is 14.5. The topological polar surface area (TPSA) is 84.6 Å². The summed E-state index contributed by atoms with van der Waals surface area (Å²) in [7, 11) is 3.14. The number of methoxy groups -OCH3 is 2. The second kappa shape index (κ2) is 5.96. The average Bonchev–Trinajstić information content (AvgIpc) is 2.47. The summed E-state index contributed by atoms with van der Waals surface area (Å²) in [5.74, 6) is 1.59. The summed E-state index contributed by atoms with van der Waals surface area (Å²) < 4.78 is 10.4. The number of azo groups is 1. The van der Waals surface area contributed by atoms with Crippen LogP contribution in [0.4, 0.5) is 4.79 Å². The summed E-state index contributed by atoms with van der Waals surface area (Å²) in [6, 6.07) is 4.92. The maximum Gasteiger partial charge on any atom is 0.365 e. The molecule has 7 heteroatoms. The van der Waals surface area contributed by atoms with Gasteiger partial charge in [-0.05, 0) is 17.7 Å². The number of carbonyl (C=O) groups is 1. The maximum absolute atomic E-state index is 11.1.